The number of rotatable bonds is 5. The van der Waals surface area contributed by atoms with Crippen molar-refractivity contribution in [3.8, 4) is 0 Å². The Morgan fingerprint density at radius 2 is 1.46 bits per heavy atom. The molecule has 7 nitrogen and oxygen atoms in total. The molecular weight excluding hydrogens is 374 g/mol. The van der Waals surface area contributed by atoms with Crippen LogP contribution in [0.5, 0.6) is 0 Å². The van der Waals surface area contributed by atoms with Gasteiger partial charge in [0.15, 0.2) is 0 Å². The lowest BCUT2D eigenvalue weighted by Crippen LogP contribution is -2.46. The summed E-state index contributed by atoms with van der Waals surface area (Å²) in [6.07, 6.45) is 0.737. The highest BCUT2D eigenvalue weighted by atomic mass is 32.2. The average Bonchev–Trinajstić information content (AvgIpc) is 2.62. The van der Waals surface area contributed by atoms with Crippen LogP contribution in [0, 0.1) is 0 Å². The topological polar surface area (TPSA) is 101 Å². The quantitative estimate of drug-likeness (QED) is 0.819. The largest absolute Gasteiger partial charge is 0.285 e. The van der Waals surface area contributed by atoms with Crippen molar-refractivity contribution in [2.45, 2.75) is 22.8 Å². The maximum atomic E-state index is 12.9. The van der Waals surface area contributed by atoms with Crippen LogP contribution in [0.1, 0.15) is 12.0 Å². The average molecular weight is 396 g/mol. The number of primary sulfonamides is 1. The zero-order valence-electron chi connectivity index (χ0n) is 14.2. The third-order valence-corrected chi connectivity index (χ3v) is 7.05. The van der Waals surface area contributed by atoms with Crippen LogP contribution in [-0.4, -0.2) is 45.8 Å². The first-order chi connectivity index (χ1) is 12.3. The van der Waals surface area contributed by atoms with E-state index in [-0.39, 0.29) is 9.79 Å². The van der Waals surface area contributed by atoms with Crippen molar-refractivity contribution >= 4 is 20.0 Å². The van der Waals surface area contributed by atoms with Crippen LogP contribution in [0.15, 0.2) is 64.4 Å². The van der Waals surface area contributed by atoms with Gasteiger partial charge in [0.25, 0.3) is 0 Å². The van der Waals surface area contributed by atoms with Crippen molar-refractivity contribution in [3.63, 3.8) is 0 Å². The maximum absolute atomic E-state index is 12.9. The first kappa shape index (κ1) is 19.0. The normalized spacial score (nSPS) is 17.3. The van der Waals surface area contributed by atoms with E-state index >= 15 is 0 Å². The van der Waals surface area contributed by atoms with Gasteiger partial charge >= 0.3 is 0 Å². The molecule has 26 heavy (non-hydrogen) atoms. The Bertz CT molecular complexity index is 959. The van der Waals surface area contributed by atoms with Crippen LogP contribution in [0.25, 0.3) is 0 Å². The number of hydrogen-bond donors (Lipinski definition) is 1. The fourth-order valence-electron chi connectivity index (χ4n) is 2.95. The number of sulfonamides is 2. The van der Waals surface area contributed by atoms with Crippen molar-refractivity contribution in [1.82, 2.24) is 9.21 Å². The summed E-state index contributed by atoms with van der Waals surface area (Å²) in [5.41, 5.74) is 1.13. The molecule has 0 unspecified atom stereocenters. The lowest BCUT2D eigenvalue weighted by molar-refractivity contribution is 0.140. The Labute approximate surface area is 154 Å². The van der Waals surface area contributed by atoms with E-state index in [1.807, 2.05) is 30.3 Å². The summed E-state index contributed by atoms with van der Waals surface area (Å²) in [7, 11) is -7.54. The molecule has 2 aromatic carbocycles. The molecular formula is C17H21N3O4S2. The molecule has 9 heteroatoms. The number of nitrogens with zero attached hydrogens (tertiary/aromatic N) is 2. The molecule has 0 aromatic heterocycles. The van der Waals surface area contributed by atoms with E-state index in [1.54, 1.807) is 0 Å². The summed E-state index contributed by atoms with van der Waals surface area (Å²) < 4.78 is 49.8. The van der Waals surface area contributed by atoms with Crippen LogP contribution in [-0.2, 0) is 26.6 Å². The van der Waals surface area contributed by atoms with E-state index in [2.05, 4.69) is 4.90 Å². The Kier molecular flexibility index (Phi) is 5.44. The maximum Gasteiger partial charge on any atom is 0.244 e. The molecule has 1 aliphatic heterocycles. The van der Waals surface area contributed by atoms with E-state index in [9.17, 15) is 16.8 Å². The molecule has 0 radical (unpaired) electrons. The summed E-state index contributed by atoms with van der Waals surface area (Å²) in [5, 5.41) is 5.06. The van der Waals surface area contributed by atoms with Crippen LogP contribution >= 0.6 is 0 Å². The Morgan fingerprint density at radius 3 is 2.08 bits per heavy atom. The van der Waals surface area contributed by atoms with Gasteiger partial charge in [0, 0.05) is 19.6 Å². The van der Waals surface area contributed by atoms with Gasteiger partial charge in [-0.25, -0.2) is 22.0 Å². The van der Waals surface area contributed by atoms with E-state index in [1.165, 1.54) is 28.6 Å². The van der Waals surface area contributed by atoms with Gasteiger partial charge < -0.3 is 0 Å². The van der Waals surface area contributed by atoms with Gasteiger partial charge in [0.05, 0.1) is 16.5 Å². The Balaban J connectivity index is 1.76. The highest BCUT2D eigenvalue weighted by Crippen LogP contribution is 2.21. The molecule has 1 heterocycles. The zero-order valence-corrected chi connectivity index (χ0v) is 15.8. The van der Waals surface area contributed by atoms with Crippen molar-refractivity contribution in [3.05, 3.63) is 60.2 Å². The van der Waals surface area contributed by atoms with Gasteiger partial charge in [-0.3, -0.25) is 4.90 Å². The first-order valence-electron chi connectivity index (χ1n) is 8.16. The van der Waals surface area contributed by atoms with E-state index < -0.39 is 20.0 Å². The fourth-order valence-corrected chi connectivity index (χ4v) is 4.93. The molecule has 0 saturated carbocycles. The van der Waals surface area contributed by atoms with Gasteiger partial charge in [0.1, 0.15) is 0 Å². The second-order valence-electron chi connectivity index (χ2n) is 6.23. The van der Waals surface area contributed by atoms with Crippen molar-refractivity contribution in [1.29, 1.82) is 0 Å². The third-order valence-electron chi connectivity index (χ3n) is 4.28. The van der Waals surface area contributed by atoms with Crippen molar-refractivity contribution in [2.75, 3.05) is 19.8 Å². The minimum atomic E-state index is -3.85. The Morgan fingerprint density at radius 1 is 0.846 bits per heavy atom. The van der Waals surface area contributed by atoms with Gasteiger partial charge in [-0.05, 0) is 36.2 Å². The van der Waals surface area contributed by atoms with Gasteiger partial charge in [-0.15, -0.1) is 0 Å². The first-order valence-corrected chi connectivity index (χ1v) is 11.1. The van der Waals surface area contributed by atoms with E-state index in [0.29, 0.717) is 19.8 Å². The molecule has 2 N–H and O–H groups in total. The molecule has 2 aromatic rings. The second kappa shape index (κ2) is 7.45. The van der Waals surface area contributed by atoms with Crippen molar-refractivity contribution in [2.24, 2.45) is 5.14 Å². The standard InChI is InChI=1S/C17H21N3O4S2/c18-25(21,22)16-7-9-17(10-8-16)26(23,24)20-12-4-11-19(14-20)13-15-5-2-1-3-6-15/h1-3,5-10H,4,11-14H2,(H2,18,21,22). The molecule has 0 atom stereocenters. The van der Waals surface area contributed by atoms with Crippen molar-refractivity contribution < 1.29 is 16.8 Å². The predicted molar refractivity (Wildman–Crippen MR) is 98.0 cm³/mol. The summed E-state index contributed by atoms with van der Waals surface area (Å²) in [6, 6.07) is 14.9. The number of nitrogens with two attached hydrogens (primary N) is 1. The summed E-state index contributed by atoms with van der Waals surface area (Å²) in [6.45, 7) is 2.24. The fraction of sp³-hybridized carbons (Fsp3) is 0.294. The molecule has 140 valence electrons. The van der Waals surface area contributed by atoms with E-state index in [4.69, 9.17) is 5.14 Å². The molecule has 0 bridgehead atoms. The summed E-state index contributed by atoms with van der Waals surface area (Å²) >= 11 is 0. The molecule has 0 aliphatic carbocycles. The second-order valence-corrected chi connectivity index (χ2v) is 9.73. The lowest BCUT2D eigenvalue weighted by atomic mass is 10.2. The van der Waals surface area contributed by atoms with Gasteiger partial charge in [-0.1, -0.05) is 30.3 Å². The van der Waals surface area contributed by atoms with Crippen LogP contribution in [0.4, 0.5) is 0 Å². The molecule has 1 fully saturated rings. The molecule has 0 amide bonds. The number of benzene rings is 2. The molecule has 1 aliphatic rings. The molecule has 0 spiro atoms. The van der Waals surface area contributed by atoms with E-state index in [0.717, 1.165) is 18.5 Å². The minimum Gasteiger partial charge on any atom is -0.285 e. The van der Waals surface area contributed by atoms with Crippen LogP contribution < -0.4 is 5.14 Å². The van der Waals surface area contributed by atoms with Crippen LogP contribution in [0.2, 0.25) is 0 Å². The predicted octanol–water partition coefficient (Wildman–Crippen LogP) is 1.19. The Hall–Kier alpha value is -1.78. The third kappa shape index (κ3) is 4.30. The highest BCUT2D eigenvalue weighted by molar-refractivity contribution is 7.89. The molecule has 3 rings (SSSR count). The lowest BCUT2D eigenvalue weighted by Gasteiger charge is -2.34. The minimum absolute atomic E-state index is 0.0615. The summed E-state index contributed by atoms with van der Waals surface area (Å²) in [5.74, 6) is 0. The number of hydrogen-bond acceptors (Lipinski definition) is 5. The highest BCUT2D eigenvalue weighted by Gasteiger charge is 2.29. The van der Waals surface area contributed by atoms with Gasteiger partial charge in [0.2, 0.25) is 20.0 Å². The molecule has 1 saturated heterocycles. The summed E-state index contributed by atoms with van der Waals surface area (Å²) in [4.78, 5) is 2.03. The zero-order chi connectivity index (χ0) is 18.8. The van der Waals surface area contributed by atoms with Crippen LogP contribution in [0.3, 0.4) is 0 Å². The SMILES string of the molecule is NS(=O)(=O)c1ccc(S(=O)(=O)N2CCCN(Cc3ccccc3)C2)cc1. The monoisotopic (exact) mass is 395 g/mol. The van der Waals surface area contributed by atoms with Gasteiger partial charge in [-0.2, -0.15) is 4.31 Å². The smallest absolute Gasteiger partial charge is 0.244 e.